The van der Waals surface area contributed by atoms with Gasteiger partial charge < -0.3 is 21.0 Å². The molecule has 0 saturated heterocycles. The third-order valence-corrected chi connectivity index (χ3v) is 2.49. The van der Waals surface area contributed by atoms with Gasteiger partial charge in [-0.1, -0.05) is 5.16 Å². The molecule has 0 aliphatic rings. The molecular weight excluding hydrogens is 222 g/mol. The first-order chi connectivity index (χ1) is 8.10. The highest BCUT2D eigenvalue weighted by Crippen LogP contribution is 2.00. The third-order valence-electron chi connectivity index (χ3n) is 2.49. The van der Waals surface area contributed by atoms with Gasteiger partial charge in [0, 0.05) is 26.5 Å². The van der Waals surface area contributed by atoms with Crippen molar-refractivity contribution in [1.82, 2.24) is 5.32 Å². The number of oxime groups is 1. The molecule has 6 heteroatoms. The topological polar surface area (TPSA) is 96.9 Å². The zero-order chi connectivity index (χ0) is 13.1. The molecule has 0 fully saturated rings. The van der Waals surface area contributed by atoms with Gasteiger partial charge in [-0.2, -0.15) is 0 Å². The van der Waals surface area contributed by atoms with Gasteiger partial charge >= 0.3 is 0 Å². The lowest BCUT2D eigenvalue weighted by Crippen LogP contribution is -2.25. The van der Waals surface area contributed by atoms with Crippen molar-refractivity contribution in [2.24, 2.45) is 10.9 Å². The first-order valence-corrected chi connectivity index (χ1v) is 5.86. The minimum atomic E-state index is 0.0395. The predicted molar refractivity (Wildman–Crippen MR) is 66.0 cm³/mol. The fourth-order valence-electron chi connectivity index (χ4n) is 1.25. The van der Waals surface area contributed by atoms with Crippen LogP contribution in [0.3, 0.4) is 0 Å². The quantitative estimate of drug-likeness (QED) is 0.184. The van der Waals surface area contributed by atoms with Gasteiger partial charge in [-0.05, 0) is 26.2 Å². The number of rotatable bonds is 9. The number of nitrogens with one attached hydrogen (secondary N) is 1. The molecule has 100 valence electrons. The van der Waals surface area contributed by atoms with E-state index in [0.717, 1.165) is 19.3 Å². The van der Waals surface area contributed by atoms with Crippen LogP contribution < -0.4 is 11.1 Å². The molecule has 0 aromatic rings. The van der Waals surface area contributed by atoms with E-state index in [1.54, 1.807) is 7.11 Å². The van der Waals surface area contributed by atoms with Gasteiger partial charge in [0.1, 0.15) is 5.84 Å². The van der Waals surface area contributed by atoms with E-state index in [1.165, 1.54) is 0 Å². The number of nitrogens with zero attached hydrogens (tertiary/aromatic N) is 1. The van der Waals surface area contributed by atoms with Crippen LogP contribution in [0.15, 0.2) is 5.16 Å². The highest BCUT2D eigenvalue weighted by atomic mass is 16.5. The minimum Gasteiger partial charge on any atom is -0.409 e. The molecule has 1 unspecified atom stereocenters. The maximum atomic E-state index is 11.4. The van der Waals surface area contributed by atoms with E-state index in [4.69, 9.17) is 15.7 Å². The van der Waals surface area contributed by atoms with Crippen molar-refractivity contribution in [3.8, 4) is 0 Å². The SMILES string of the molecule is COC(C)CCC(=O)NCCCCC(N)=NO. The second-order valence-electron chi connectivity index (χ2n) is 3.98. The number of hydrogen-bond donors (Lipinski definition) is 3. The molecule has 0 aromatic heterocycles. The fraction of sp³-hybridized carbons (Fsp3) is 0.818. The number of unbranched alkanes of at least 4 members (excludes halogenated alkanes) is 1. The highest BCUT2D eigenvalue weighted by molar-refractivity contribution is 5.79. The normalized spacial score (nSPS) is 13.4. The molecule has 4 N–H and O–H groups in total. The molecule has 0 aromatic carbocycles. The molecular formula is C11H23N3O3. The van der Waals surface area contributed by atoms with Crippen LogP contribution in [0.5, 0.6) is 0 Å². The summed E-state index contributed by atoms with van der Waals surface area (Å²) in [5.41, 5.74) is 5.31. The van der Waals surface area contributed by atoms with Crippen LogP contribution >= 0.6 is 0 Å². The molecule has 0 rings (SSSR count). The number of ether oxygens (including phenoxy) is 1. The van der Waals surface area contributed by atoms with E-state index >= 15 is 0 Å². The van der Waals surface area contributed by atoms with E-state index in [0.29, 0.717) is 19.4 Å². The summed E-state index contributed by atoms with van der Waals surface area (Å²) in [5.74, 6) is 0.267. The lowest BCUT2D eigenvalue weighted by Gasteiger charge is -2.09. The molecule has 1 atom stereocenters. The van der Waals surface area contributed by atoms with Crippen molar-refractivity contribution in [2.45, 2.75) is 45.1 Å². The molecule has 0 spiro atoms. The van der Waals surface area contributed by atoms with Crippen molar-refractivity contribution in [3.05, 3.63) is 0 Å². The first-order valence-electron chi connectivity index (χ1n) is 5.86. The van der Waals surface area contributed by atoms with Gasteiger partial charge in [0.05, 0.1) is 6.10 Å². The number of carbonyl (C=O) groups is 1. The van der Waals surface area contributed by atoms with Gasteiger partial charge in [-0.15, -0.1) is 0 Å². The monoisotopic (exact) mass is 245 g/mol. The smallest absolute Gasteiger partial charge is 0.220 e. The molecule has 0 heterocycles. The van der Waals surface area contributed by atoms with Crippen LogP contribution in [-0.2, 0) is 9.53 Å². The number of methoxy groups -OCH3 is 1. The molecule has 6 nitrogen and oxygen atoms in total. The number of amidine groups is 1. The van der Waals surface area contributed by atoms with Gasteiger partial charge in [0.25, 0.3) is 0 Å². The molecule has 0 aliphatic carbocycles. The maximum Gasteiger partial charge on any atom is 0.220 e. The summed E-state index contributed by atoms with van der Waals surface area (Å²) in [5, 5.41) is 14.0. The van der Waals surface area contributed by atoms with Crippen LogP contribution in [0.4, 0.5) is 0 Å². The minimum absolute atomic E-state index is 0.0395. The van der Waals surface area contributed by atoms with Crippen molar-refractivity contribution < 1.29 is 14.7 Å². The first kappa shape index (κ1) is 15.7. The second kappa shape index (κ2) is 9.89. The van der Waals surface area contributed by atoms with E-state index in [2.05, 4.69) is 10.5 Å². The van der Waals surface area contributed by atoms with Crippen LogP contribution in [0.2, 0.25) is 0 Å². The third kappa shape index (κ3) is 9.62. The number of carbonyl (C=O) groups excluding carboxylic acids is 1. The Labute approximate surface area is 102 Å². The van der Waals surface area contributed by atoms with E-state index in [1.807, 2.05) is 6.92 Å². The molecule has 0 aliphatic heterocycles. The standard InChI is InChI=1S/C11H23N3O3/c1-9(17-2)6-7-11(15)13-8-4-3-5-10(12)14-16/h9,16H,3-8H2,1-2H3,(H2,12,14)(H,13,15). The molecule has 1 amide bonds. The van der Waals surface area contributed by atoms with Gasteiger partial charge in [-0.25, -0.2) is 0 Å². The summed E-state index contributed by atoms with van der Waals surface area (Å²) >= 11 is 0. The Morgan fingerprint density at radius 2 is 2.18 bits per heavy atom. The van der Waals surface area contributed by atoms with Crippen molar-refractivity contribution >= 4 is 11.7 Å². The van der Waals surface area contributed by atoms with Gasteiger partial charge in [-0.3, -0.25) is 4.79 Å². The molecule has 0 radical (unpaired) electrons. The summed E-state index contributed by atoms with van der Waals surface area (Å²) in [4.78, 5) is 11.4. The van der Waals surface area contributed by atoms with Crippen molar-refractivity contribution in [2.75, 3.05) is 13.7 Å². The van der Waals surface area contributed by atoms with Gasteiger partial charge in [0.15, 0.2) is 0 Å². The summed E-state index contributed by atoms with van der Waals surface area (Å²) in [6.45, 7) is 2.56. The average Bonchev–Trinajstić information content (AvgIpc) is 2.34. The number of nitrogens with two attached hydrogens (primary N) is 1. The summed E-state index contributed by atoms with van der Waals surface area (Å²) in [6, 6.07) is 0. The number of amides is 1. The van der Waals surface area contributed by atoms with Crippen LogP contribution in [0.1, 0.15) is 39.0 Å². The zero-order valence-electron chi connectivity index (χ0n) is 10.6. The lowest BCUT2D eigenvalue weighted by molar-refractivity contribution is -0.121. The molecule has 0 bridgehead atoms. The Hall–Kier alpha value is -1.30. The Morgan fingerprint density at radius 1 is 1.47 bits per heavy atom. The Bertz CT molecular complexity index is 244. The van der Waals surface area contributed by atoms with Crippen LogP contribution in [0.25, 0.3) is 0 Å². The molecule has 0 saturated carbocycles. The van der Waals surface area contributed by atoms with Crippen molar-refractivity contribution in [1.29, 1.82) is 0 Å². The Kier molecular flexibility index (Phi) is 9.14. The maximum absolute atomic E-state index is 11.4. The molecule has 17 heavy (non-hydrogen) atoms. The predicted octanol–water partition coefficient (Wildman–Crippen LogP) is 0.834. The van der Waals surface area contributed by atoms with E-state index < -0.39 is 0 Å². The second-order valence-corrected chi connectivity index (χ2v) is 3.98. The van der Waals surface area contributed by atoms with Gasteiger partial charge in [0.2, 0.25) is 5.91 Å². The Morgan fingerprint density at radius 3 is 2.76 bits per heavy atom. The van der Waals surface area contributed by atoms with Crippen molar-refractivity contribution in [3.63, 3.8) is 0 Å². The average molecular weight is 245 g/mol. The summed E-state index contributed by atoms with van der Waals surface area (Å²) in [6.07, 6.45) is 3.49. The fourth-order valence-corrected chi connectivity index (χ4v) is 1.25. The van der Waals surface area contributed by atoms with E-state index in [9.17, 15) is 4.79 Å². The van der Waals surface area contributed by atoms with E-state index in [-0.39, 0.29) is 17.8 Å². The van der Waals surface area contributed by atoms with Crippen LogP contribution in [0, 0.1) is 0 Å². The highest BCUT2D eigenvalue weighted by Gasteiger charge is 2.04. The number of hydrogen-bond acceptors (Lipinski definition) is 4. The lowest BCUT2D eigenvalue weighted by atomic mass is 10.2. The largest absolute Gasteiger partial charge is 0.409 e. The summed E-state index contributed by atoms with van der Waals surface area (Å²) < 4.78 is 5.05. The zero-order valence-corrected chi connectivity index (χ0v) is 10.6. The van der Waals surface area contributed by atoms with Crippen LogP contribution in [-0.4, -0.2) is 36.7 Å². The Balaban J connectivity index is 3.39. The summed E-state index contributed by atoms with van der Waals surface area (Å²) in [7, 11) is 1.63.